The third-order valence-electron chi connectivity index (χ3n) is 7.91. The van der Waals surface area contributed by atoms with E-state index in [1.807, 2.05) is 0 Å². The Labute approximate surface area is 195 Å². The molecule has 0 saturated heterocycles. The first kappa shape index (κ1) is 18.7. The summed E-state index contributed by atoms with van der Waals surface area (Å²) >= 11 is 0. The van der Waals surface area contributed by atoms with Gasteiger partial charge < -0.3 is 0 Å². The molecular weight excluding hydrogens is 396 g/mol. The number of hydrogen-bond donors (Lipinski definition) is 0. The maximum absolute atomic E-state index is 2.47. The smallest absolute Gasteiger partial charge is 0.0619 e. The molecule has 0 radical (unpaired) electrons. The van der Waals surface area contributed by atoms with Crippen LogP contribution in [0.4, 0.5) is 0 Å². The van der Waals surface area contributed by atoms with Gasteiger partial charge >= 0.3 is 0 Å². The Morgan fingerprint density at radius 1 is 0.424 bits per heavy atom. The molecule has 0 fully saturated rings. The van der Waals surface area contributed by atoms with E-state index >= 15 is 0 Å². The summed E-state index contributed by atoms with van der Waals surface area (Å²) < 4.78 is 0. The first-order valence-electron chi connectivity index (χ1n) is 11.7. The minimum atomic E-state index is -0.271. The molecule has 156 valence electrons. The van der Waals surface area contributed by atoms with Gasteiger partial charge in [-0.25, -0.2) is 0 Å². The largest absolute Gasteiger partial charge is 0.0725 e. The fourth-order valence-corrected chi connectivity index (χ4v) is 6.33. The summed E-state index contributed by atoms with van der Waals surface area (Å²) in [6.45, 7) is 4.44. The quantitative estimate of drug-likeness (QED) is 0.250. The molecule has 0 aliphatic heterocycles. The van der Waals surface area contributed by atoms with E-state index < -0.39 is 0 Å². The Morgan fingerprint density at radius 2 is 0.909 bits per heavy atom. The van der Waals surface area contributed by atoms with Gasteiger partial charge in [-0.1, -0.05) is 103 Å². The van der Waals surface area contributed by atoms with Gasteiger partial charge in [0.15, 0.2) is 0 Å². The topological polar surface area (TPSA) is 0 Å². The Bertz CT molecular complexity index is 1520. The van der Waals surface area contributed by atoms with Crippen molar-refractivity contribution >= 4 is 0 Å². The Kier molecular flexibility index (Phi) is 3.71. The molecule has 7 rings (SSSR count). The van der Waals surface area contributed by atoms with Gasteiger partial charge in [-0.05, 0) is 86.7 Å². The van der Waals surface area contributed by atoms with Crippen molar-refractivity contribution in [1.29, 1.82) is 0 Å². The van der Waals surface area contributed by atoms with Crippen molar-refractivity contribution in [3.8, 4) is 33.4 Å². The third-order valence-corrected chi connectivity index (χ3v) is 7.91. The van der Waals surface area contributed by atoms with Crippen molar-refractivity contribution in [2.45, 2.75) is 19.3 Å². The second kappa shape index (κ2) is 6.56. The van der Waals surface area contributed by atoms with Crippen LogP contribution in [0.25, 0.3) is 33.4 Å². The second-order valence-electron chi connectivity index (χ2n) is 9.39. The van der Waals surface area contributed by atoms with Gasteiger partial charge in [-0.3, -0.25) is 0 Å². The molecule has 0 atom stereocenters. The molecule has 0 aromatic heterocycles. The lowest BCUT2D eigenvalue weighted by Gasteiger charge is -2.30. The van der Waals surface area contributed by atoms with Gasteiger partial charge in [0.05, 0.1) is 5.41 Å². The first-order chi connectivity index (χ1) is 16.2. The number of fused-ring (bicyclic) bond motifs is 10. The highest BCUT2D eigenvalue weighted by atomic mass is 14.5. The van der Waals surface area contributed by atoms with Crippen molar-refractivity contribution in [3.05, 3.63) is 143 Å². The maximum atomic E-state index is 2.47. The lowest BCUT2D eigenvalue weighted by atomic mass is 9.70. The number of hydrogen-bond acceptors (Lipinski definition) is 0. The summed E-state index contributed by atoms with van der Waals surface area (Å²) in [6.07, 6.45) is 0. The Morgan fingerprint density at radius 3 is 1.48 bits per heavy atom. The average molecular weight is 421 g/mol. The molecule has 2 aliphatic rings. The van der Waals surface area contributed by atoms with Crippen LogP contribution < -0.4 is 0 Å². The average Bonchev–Trinajstić information content (AvgIpc) is 3.33. The van der Waals surface area contributed by atoms with E-state index in [9.17, 15) is 0 Å². The van der Waals surface area contributed by atoms with Crippen LogP contribution in [0.2, 0.25) is 0 Å². The molecule has 2 aliphatic carbocycles. The second-order valence-corrected chi connectivity index (χ2v) is 9.39. The van der Waals surface area contributed by atoms with E-state index in [1.165, 1.54) is 66.8 Å². The van der Waals surface area contributed by atoms with Crippen LogP contribution >= 0.6 is 0 Å². The Hall–Kier alpha value is -3.90. The molecule has 1 spiro atoms. The zero-order chi connectivity index (χ0) is 22.2. The predicted octanol–water partition coefficient (Wildman–Crippen LogP) is 8.31. The highest BCUT2D eigenvalue weighted by Crippen LogP contribution is 2.62. The predicted molar refractivity (Wildman–Crippen MR) is 138 cm³/mol. The highest BCUT2D eigenvalue weighted by molar-refractivity contribution is 5.95. The van der Waals surface area contributed by atoms with Gasteiger partial charge in [0, 0.05) is 0 Å². The van der Waals surface area contributed by atoms with Crippen LogP contribution in [0.15, 0.2) is 109 Å². The molecule has 0 saturated carbocycles. The van der Waals surface area contributed by atoms with E-state index in [1.54, 1.807) is 0 Å². The van der Waals surface area contributed by atoms with Crippen molar-refractivity contribution in [2.75, 3.05) is 0 Å². The van der Waals surface area contributed by atoms with Gasteiger partial charge in [0.2, 0.25) is 0 Å². The van der Waals surface area contributed by atoms with Crippen LogP contribution in [0.1, 0.15) is 33.4 Å². The summed E-state index contributed by atoms with van der Waals surface area (Å²) in [6, 6.07) is 40.8. The van der Waals surface area contributed by atoms with Crippen molar-refractivity contribution in [2.24, 2.45) is 0 Å². The molecule has 0 bridgehead atoms. The van der Waals surface area contributed by atoms with Crippen molar-refractivity contribution in [3.63, 3.8) is 0 Å². The van der Waals surface area contributed by atoms with Crippen LogP contribution in [-0.4, -0.2) is 0 Å². The summed E-state index contributed by atoms with van der Waals surface area (Å²) in [4.78, 5) is 0. The molecule has 33 heavy (non-hydrogen) atoms. The van der Waals surface area contributed by atoms with E-state index in [0.29, 0.717) is 0 Å². The molecule has 0 heterocycles. The fraction of sp³-hybridized carbons (Fsp3) is 0.0909. The monoisotopic (exact) mass is 420 g/mol. The van der Waals surface area contributed by atoms with Crippen LogP contribution in [0, 0.1) is 13.8 Å². The van der Waals surface area contributed by atoms with E-state index in [0.717, 1.165) is 0 Å². The minimum absolute atomic E-state index is 0.271. The number of rotatable bonds is 1. The van der Waals surface area contributed by atoms with Crippen LogP contribution in [0.5, 0.6) is 0 Å². The Balaban J connectivity index is 1.63. The molecular formula is C33H24. The normalized spacial score (nSPS) is 14.0. The molecule has 0 unspecified atom stereocenters. The van der Waals surface area contributed by atoms with Gasteiger partial charge in [0.1, 0.15) is 0 Å². The highest BCUT2D eigenvalue weighted by Gasteiger charge is 2.51. The summed E-state index contributed by atoms with van der Waals surface area (Å²) in [7, 11) is 0. The third kappa shape index (κ3) is 2.26. The lowest BCUT2D eigenvalue weighted by Crippen LogP contribution is -2.25. The zero-order valence-corrected chi connectivity index (χ0v) is 18.9. The minimum Gasteiger partial charge on any atom is -0.0619 e. The number of benzene rings is 5. The van der Waals surface area contributed by atoms with E-state index in [4.69, 9.17) is 0 Å². The molecule has 0 N–H and O–H groups in total. The lowest BCUT2D eigenvalue weighted by molar-refractivity contribution is 0.794. The van der Waals surface area contributed by atoms with Gasteiger partial charge in [-0.15, -0.1) is 0 Å². The summed E-state index contributed by atoms with van der Waals surface area (Å²) in [5, 5.41) is 0. The standard InChI is InChI=1S/C33H24/c1-21-10-9-14-24(22(21)2)23-18-19-28-27-13-5-8-17-31(27)33(32(28)20-23)29-15-6-3-11-25(29)26-12-4-7-16-30(26)33/h3-20H,1-2H3. The molecule has 5 aromatic carbocycles. The van der Waals surface area contributed by atoms with Crippen LogP contribution in [-0.2, 0) is 5.41 Å². The van der Waals surface area contributed by atoms with Gasteiger partial charge in [-0.2, -0.15) is 0 Å². The van der Waals surface area contributed by atoms with Crippen LogP contribution in [0.3, 0.4) is 0 Å². The zero-order valence-electron chi connectivity index (χ0n) is 18.9. The molecule has 0 nitrogen and oxygen atoms in total. The number of aryl methyl sites for hydroxylation is 1. The summed E-state index contributed by atoms with van der Waals surface area (Å²) in [5.41, 5.74) is 16.1. The van der Waals surface area contributed by atoms with Crippen molar-refractivity contribution in [1.82, 2.24) is 0 Å². The molecule has 0 heteroatoms. The first-order valence-corrected chi connectivity index (χ1v) is 11.7. The molecule has 0 amide bonds. The maximum Gasteiger partial charge on any atom is 0.0725 e. The molecule has 5 aromatic rings. The van der Waals surface area contributed by atoms with E-state index in [-0.39, 0.29) is 5.41 Å². The van der Waals surface area contributed by atoms with E-state index in [2.05, 4.69) is 123 Å². The summed E-state index contributed by atoms with van der Waals surface area (Å²) in [5.74, 6) is 0. The fourth-order valence-electron chi connectivity index (χ4n) is 6.33. The van der Waals surface area contributed by atoms with Crippen molar-refractivity contribution < 1.29 is 0 Å². The SMILES string of the molecule is Cc1cccc(-c2ccc3c(c2)C2(c4ccccc4-c4ccccc42)c2ccccc2-3)c1C. The van der Waals surface area contributed by atoms with Gasteiger partial charge in [0.25, 0.3) is 0 Å².